The van der Waals surface area contributed by atoms with Gasteiger partial charge in [0.05, 0.1) is 10.6 Å². The predicted molar refractivity (Wildman–Crippen MR) is 54.1 cm³/mol. The van der Waals surface area contributed by atoms with Crippen molar-refractivity contribution in [2.45, 2.75) is 5.56 Å². The summed E-state index contributed by atoms with van der Waals surface area (Å²) in [7, 11) is 0. The van der Waals surface area contributed by atoms with Gasteiger partial charge in [0.2, 0.25) is 0 Å². The molecule has 6 heteroatoms. The van der Waals surface area contributed by atoms with E-state index in [1.807, 2.05) is 0 Å². The molecule has 0 spiro atoms. The van der Waals surface area contributed by atoms with Gasteiger partial charge in [-0.05, 0) is 12.1 Å². The Morgan fingerprint density at radius 2 is 1.93 bits per heavy atom. The first-order valence-electron chi connectivity index (χ1n) is 3.84. The second-order valence-corrected chi connectivity index (χ2v) is 3.34. The lowest BCUT2D eigenvalue weighted by Gasteiger charge is -2.07. The number of benzene rings is 1. The van der Waals surface area contributed by atoms with Crippen molar-refractivity contribution in [2.24, 2.45) is 0 Å². The van der Waals surface area contributed by atoms with E-state index in [1.54, 1.807) is 12.1 Å². The number of carbonyl (C=O) groups is 2. The van der Waals surface area contributed by atoms with E-state index in [4.69, 9.17) is 28.3 Å². The van der Waals surface area contributed by atoms with Crippen LogP contribution in [0.4, 0.5) is 0 Å². The molecule has 1 atom stereocenters. The van der Waals surface area contributed by atoms with Crippen LogP contribution in [0.1, 0.15) is 10.4 Å². The number of hydrogen-bond acceptors (Lipinski definition) is 3. The normalized spacial score (nSPS) is 11.9. The summed E-state index contributed by atoms with van der Waals surface area (Å²) in [6.07, 6.45) is 0. The zero-order valence-electron chi connectivity index (χ0n) is 7.31. The fourth-order valence-electron chi connectivity index (χ4n) is 0.835. The second kappa shape index (κ2) is 5.00. The van der Waals surface area contributed by atoms with Gasteiger partial charge >= 0.3 is 11.9 Å². The van der Waals surface area contributed by atoms with Gasteiger partial charge in [0, 0.05) is 0 Å². The summed E-state index contributed by atoms with van der Waals surface area (Å²) < 4.78 is 4.42. The molecule has 0 amide bonds. The van der Waals surface area contributed by atoms with Crippen LogP contribution >= 0.6 is 23.2 Å². The molecule has 0 heterocycles. The van der Waals surface area contributed by atoms with Crippen molar-refractivity contribution in [3.05, 3.63) is 34.9 Å². The van der Waals surface area contributed by atoms with E-state index in [1.165, 1.54) is 12.1 Å². The Labute approximate surface area is 95.4 Å². The molecule has 1 N–H and O–H groups in total. The standard InChI is InChI=1S/C9H6Cl2O4/c10-6-4-2-1-3-5(6)9(14)15-7(11)8(12)13/h1-4,7H,(H,12,13). The fourth-order valence-corrected chi connectivity index (χ4v) is 1.13. The number of carboxylic acids is 1. The summed E-state index contributed by atoms with van der Waals surface area (Å²) in [5.41, 5.74) is -1.64. The van der Waals surface area contributed by atoms with Gasteiger partial charge in [0.15, 0.2) is 0 Å². The van der Waals surface area contributed by atoms with Crippen molar-refractivity contribution in [2.75, 3.05) is 0 Å². The first-order chi connectivity index (χ1) is 7.02. The Bertz CT molecular complexity index is 391. The minimum absolute atomic E-state index is 0.0751. The Balaban J connectivity index is 2.78. The molecule has 0 fully saturated rings. The number of carboxylic acid groups (broad SMARTS) is 1. The molecular weight excluding hydrogens is 243 g/mol. The Hall–Kier alpha value is -1.26. The molecule has 80 valence electrons. The van der Waals surface area contributed by atoms with Gasteiger partial charge in [-0.15, -0.1) is 0 Å². The smallest absolute Gasteiger partial charge is 0.361 e. The van der Waals surface area contributed by atoms with E-state index in [0.29, 0.717) is 0 Å². The third kappa shape index (κ3) is 3.11. The first-order valence-corrected chi connectivity index (χ1v) is 4.66. The van der Waals surface area contributed by atoms with Crippen molar-refractivity contribution in [3.8, 4) is 0 Å². The van der Waals surface area contributed by atoms with E-state index in [0.717, 1.165) is 0 Å². The lowest BCUT2D eigenvalue weighted by Crippen LogP contribution is -2.21. The highest BCUT2D eigenvalue weighted by Gasteiger charge is 2.21. The molecule has 1 rings (SSSR count). The number of aliphatic carboxylic acids is 1. The minimum Gasteiger partial charge on any atom is -0.478 e. The zero-order chi connectivity index (χ0) is 11.4. The summed E-state index contributed by atoms with van der Waals surface area (Å²) in [6, 6.07) is 6.11. The maximum absolute atomic E-state index is 11.3. The molecule has 0 aromatic heterocycles. The molecule has 1 aromatic carbocycles. The molecule has 0 aliphatic heterocycles. The summed E-state index contributed by atoms with van der Waals surface area (Å²) in [5, 5.41) is 8.58. The third-order valence-corrected chi connectivity index (χ3v) is 2.10. The molecule has 4 nitrogen and oxygen atoms in total. The van der Waals surface area contributed by atoms with Gasteiger partial charge in [-0.25, -0.2) is 9.59 Å². The van der Waals surface area contributed by atoms with Crippen LogP contribution in [0.5, 0.6) is 0 Å². The quantitative estimate of drug-likeness (QED) is 0.658. The van der Waals surface area contributed by atoms with Crippen LogP contribution in [0.25, 0.3) is 0 Å². The topological polar surface area (TPSA) is 63.6 Å². The molecule has 0 radical (unpaired) electrons. The summed E-state index contributed by atoms with van der Waals surface area (Å²) in [6.45, 7) is 0. The van der Waals surface area contributed by atoms with E-state index < -0.39 is 17.5 Å². The van der Waals surface area contributed by atoms with Crippen LogP contribution in [-0.4, -0.2) is 22.6 Å². The predicted octanol–water partition coefficient (Wildman–Crippen LogP) is 2.15. The number of rotatable bonds is 3. The summed E-state index contributed by atoms with van der Waals surface area (Å²) in [4.78, 5) is 21.6. The van der Waals surface area contributed by atoms with E-state index in [-0.39, 0.29) is 10.6 Å². The lowest BCUT2D eigenvalue weighted by atomic mass is 10.2. The van der Waals surface area contributed by atoms with Gasteiger partial charge < -0.3 is 9.84 Å². The van der Waals surface area contributed by atoms with Gasteiger partial charge in [0.1, 0.15) is 0 Å². The average molecular weight is 249 g/mol. The number of esters is 1. The average Bonchev–Trinajstić information content (AvgIpc) is 2.18. The number of halogens is 2. The maximum atomic E-state index is 11.3. The van der Waals surface area contributed by atoms with Gasteiger partial charge in [-0.1, -0.05) is 35.3 Å². The SMILES string of the molecule is O=C(OC(Cl)C(=O)O)c1ccccc1Cl. The highest BCUT2D eigenvalue weighted by atomic mass is 35.5. The van der Waals surface area contributed by atoms with Crippen molar-refractivity contribution >= 4 is 35.1 Å². The lowest BCUT2D eigenvalue weighted by molar-refractivity contribution is -0.142. The molecular formula is C9H6Cl2O4. The number of hydrogen-bond donors (Lipinski definition) is 1. The van der Waals surface area contributed by atoms with Crippen LogP contribution in [0.15, 0.2) is 24.3 Å². The minimum atomic E-state index is -1.71. The summed E-state index contributed by atoms with van der Waals surface area (Å²) >= 11 is 10.9. The largest absolute Gasteiger partial charge is 0.478 e. The van der Waals surface area contributed by atoms with Gasteiger partial charge in [-0.3, -0.25) is 0 Å². The van der Waals surface area contributed by atoms with Crippen molar-refractivity contribution in [1.29, 1.82) is 0 Å². The first kappa shape index (κ1) is 11.8. The monoisotopic (exact) mass is 248 g/mol. The van der Waals surface area contributed by atoms with Crippen molar-refractivity contribution in [1.82, 2.24) is 0 Å². The van der Waals surface area contributed by atoms with Crippen LogP contribution in [0, 0.1) is 0 Å². The molecule has 0 aliphatic rings. The van der Waals surface area contributed by atoms with Crippen molar-refractivity contribution in [3.63, 3.8) is 0 Å². The molecule has 0 aliphatic carbocycles. The summed E-state index contributed by atoms with van der Waals surface area (Å²) in [5.74, 6) is -2.31. The Kier molecular flexibility index (Phi) is 3.94. The molecule has 0 bridgehead atoms. The van der Waals surface area contributed by atoms with E-state index in [9.17, 15) is 9.59 Å². The number of alkyl halides is 1. The van der Waals surface area contributed by atoms with Crippen LogP contribution in [0.3, 0.4) is 0 Å². The molecule has 0 saturated carbocycles. The zero-order valence-corrected chi connectivity index (χ0v) is 8.83. The fraction of sp³-hybridized carbons (Fsp3) is 0.111. The highest BCUT2D eigenvalue weighted by Crippen LogP contribution is 2.17. The van der Waals surface area contributed by atoms with E-state index in [2.05, 4.69) is 4.74 Å². The third-order valence-electron chi connectivity index (χ3n) is 1.50. The van der Waals surface area contributed by atoms with Crippen LogP contribution < -0.4 is 0 Å². The highest BCUT2D eigenvalue weighted by molar-refractivity contribution is 6.34. The van der Waals surface area contributed by atoms with Gasteiger partial charge in [-0.2, -0.15) is 0 Å². The van der Waals surface area contributed by atoms with E-state index >= 15 is 0 Å². The maximum Gasteiger partial charge on any atom is 0.361 e. The van der Waals surface area contributed by atoms with Crippen molar-refractivity contribution < 1.29 is 19.4 Å². The second-order valence-electron chi connectivity index (χ2n) is 2.54. The molecule has 1 aromatic rings. The van der Waals surface area contributed by atoms with Crippen LogP contribution in [0.2, 0.25) is 5.02 Å². The molecule has 15 heavy (non-hydrogen) atoms. The Morgan fingerprint density at radius 3 is 2.47 bits per heavy atom. The molecule has 1 unspecified atom stereocenters. The Morgan fingerprint density at radius 1 is 1.33 bits per heavy atom. The number of ether oxygens (including phenoxy) is 1. The van der Waals surface area contributed by atoms with Gasteiger partial charge in [0.25, 0.3) is 5.56 Å². The van der Waals surface area contributed by atoms with Crippen LogP contribution in [-0.2, 0) is 9.53 Å². The number of carbonyl (C=O) groups excluding carboxylic acids is 1. The molecule has 0 saturated heterocycles.